The molecule has 0 saturated carbocycles. The number of hydrogen-bond acceptors (Lipinski definition) is 5. The van der Waals surface area contributed by atoms with Gasteiger partial charge in [0.2, 0.25) is 0 Å². The average Bonchev–Trinajstić information content (AvgIpc) is 3.37. The molecule has 3 aromatic rings. The lowest BCUT2D eigenvalue weighted by Gasteiger charge is -2.39. The molecule has 28 heavy (non-hydrogen) atoms. The lowest BCUT2D eigenvalue weighted by molar-refractivity contribution is 0.0368. The number of aromatic nitrogens is 2. The van der Waals surface area contributed by atoms with Crippen LogP contribution >= 0.6 is 11.6 Å². The van der Waals surface area contributed by atoms with Crippen LogP contribution in [0.3, 0.4) is 0 Å². The number of hydrogen-bond donors (Lipinski definition) is 0. The van der Waals surface area contributed by atoms with Crippen molar-refractivity contribution in [2.45, 2.75) is 12.6 Å². The lowest BCUT2D eigenvalue weighted by Crippen LogP contribution is -2.51. The van der Waals surface area contributed by atoms with Crippen LogP contribution in [-0.2, 0) is 5.66 Å². The standard InChI is InChI=1S/C20H15ClN4O3/c1-12-10-17(23-28-12)19(27)25-9-8-24-18(26)15-6-7-22-11-16(15)20(24,25)13-2-4-14(21)5-3-13/h2-7,10-11H,8-9H2,1H3. The Kier molecular flexibility index (Phi) is 3.57. The molecule has 0 bridgehead atoms. The fraction of sp³-hybridized carbons (Fsp3) is 0.200. The number of halogens is 1. The lowest BCUT2D eigenvalue weighted by atomic mass is 9.91. The molecule has 0 N–H and O–H groups in total. The molecule has 1 fully saturated rings. The van der Waals surface area contributed by atoms with Crippen molar-refractivity contribution in [1.82, 2.24) is 19.9 Å². The highest BCUT2D eigenvalue weighted by atomic mass is 35.5. The number of benzene rings is 1. The fourth-order valence-corrected chi connectivity index (χ4v) is 4.34. The van der Waals surface area contributed by atoms with E-state index in [-0.39, 0.29) is 17.5 Å². The number of aryl methyl sites for hydroxylation is 1. The zero-order valence-electron chi connectivity index (χ0n) is 14.9. The van der Waals surface area contributed by atoms with Gasteiger partial charge in [0.15, 0.2) is 11.4 Å². The molecule has 0 spiro atoms. The molecule has 0 radical (unpaired) electrons. The van der Waals surface area contributed by atoms with E-state index in [1.54, 1.807) is 53.4 Å². The minimum absolute atomic E-state index is 0.126. The predicted molar refractivity (Wildman–Crippen MR) is 99.8 cm³/mol. The van der Waals surface area contributed by atoms with Gasteiger partial charge in [0.25, 0.3) is 11.8 Å². The summed E-state index contributed by atoms with van der Waals surface area (Å²) in [4.78, 5) is 34.1. The maximum atomic E-state index is 13.4. The minimum atomic E-state index is -1.09. The van der Waals surface area contributed by atoms with Gasteiger partial charge in [-0.3, -0.25) is 14.6 Å². The Morgan fingerprint density at radius 1 is 1.21 bits per heavy atom. The van der Waals surface area contributed by atoms with Gasteiger partial charge >= 0.3 is 0 Å². The second-order valence-corrected chi connectivity index (χ2v) is 7.27. The Balaban J connectivity index is 1.76. The average molecular weight is 395 g/mol. The van der Waals surface area contributed by atoms with Crippen LogP contribution in [0, 0.1) is 6.92 Å². The summed E-state index contributed by atoms with van der Waals surface area (Å²) < 4.78 is 5.09. The molecule has 1 unspecified atom stereocenters. The molecule has 8 heteroatoms. The molecule has 2 aliphatic heterocycles. The summed E-state index contributed by atoms with van der Waals surface area (Å²) in [5, 5.41) is 4.46. The van der Waals surface area contributed by atoms with E-state index >= 15 is 0 Å². The van der Waals surface area contributed by atoms with Crippen molar-refractivity contribution in [3.05, 3.63) is 82.0 Å². The van der Waals surface area contributed by atoms with Gasteiger partial charge in [0.1, 0.15) is 5.76 Å². The molecule has 2 aromatic heterocycles. The largest absolute Gasteiger partial charge is 0.361 e. The van der Waals surface area contributed by atoms with E-state index in [1.165, 1.54) is 0 Å². The zero-order valence-corrected chi connectivity index (χ0v) is 15.7. The molecular weight excluding hydrogens is 380 g/mol. The minimum Gasteiger partial charge on any atom is -0.361 e. The van der Waals surface area contributed by atoms with Crippen molar-refractivity contribution in [2.75, 3.05) is 13.1 Å². The summed E-state index contributed by atoms with van der Waals surface area (Å²) in [6.45, 7) is 2.50. The molecule has 0 aliphatic carbocycles. The number of nitrogens with zero attached hydrogens (tertiary/aromatic N) is 4. The number of carbonyl (C=O) groups is 2. The Labute approximate surface area is 165 Å². The van der Waals surface area contributed by atoms with Gasteiger partial charge in [0, 0.05) is 47.7 Å². The summed E-state index contributed by atoms with van der Waals surface area (Å²) in [5.74, 6) is 0.113. The van der Waals surface area contributed by atoms with Crippen LogP contribution in [0.15, 0.2) is 53.3 Å². The van der Waals surface area contributed by atoms with E-state index in [9.17, 15) is 9.59 Å². The van der Waals surface area contributed by atoms with Gasteiger partial charge in [-0.15, -0.1) is 0 Å². The molecular formula is C20H15ClN4O3. The van der Waals surface area contributed by atoms with Gasteiger partial charge in [-0.2, -0.15) is 0 Å². The Morgan fingerprint density at radius 2 is 2.00 bits per heavy atom. The van der Waals surface area contributed by atoms with E-state index in [2.05, 4.69) is 10.1 Å². The summed E-state index contributed by atoms with van der Waals surface area (Å²) in [5.41, 5.74) is 1.10. The maximum absolute atomic E-state index is 13.4. The third-order valence-corrected chi connectivity index (χ3v) is 5.59. The van der Waals surface area contributed by atoms with E-state index < -0.39 is 5.66 Å². The van der Waals surface area contributed by atoms with Crippen LogP contribution in [-0.4, -0.2) is 44.8 Å². The predicted octanol–water partition coefficient (Wildman–Crippen LogP) is 2.84. The van der Waals surface area contributed by atoms with Crippen molar-refractivity contribution in [3.63, 3.8) is 0 Å². The highest BCUT2D eigenvalue weighted by molar-refractivity contribution is 6.30. The SMILES string of the molecule is Cc1cc(C(=O)N2CCN3C(=O)c4ccncc4C23c2ccc(Cl)cc2)no1. The molecule has 4 heterocycles. The van der Waals surface area contributed by atoms with Gasteiger partial charge in [-0.05, 0) is 25.1 Å². The van der Waals surface area contributed by atoms with Gasteiger partial charge < -0.3 is 14.3 Å². The summed E-state index contributed by atoms with van der Waals surface area (Å²) in [6.07, 6.45) is 3.24. The summed E-state index contributed by atoms with van der Waals surface area (Å²) in [6, 6.07) is 10.5. The van der Waals surface area contributed by atoms with Crippen LogP contribution < -0.4 is 0 Å². The van der Waals surface area contributed by atoms with E-state index in [1.807, 2.05) is 12.1 Å². The van der Waals surface area contributed by atoms with Gasteiger partial charge in [-0.1, -0.05) is 28.9 Å². The Bertz CT molecular complexity index is 1110. The van der Waals surface area contributed by atoms with Crippen molar-refractivity contribution < 1.29 is 14.1 Å². The van der Waals surface area contributed by atoms with Crippen LogP contribution in [0.25, 0.3) is 0 Å². The van der Waals surface area contributed by atoms with E-state index in [0.717, 1.165) is 5.56 Å². The second kappa shape index (κ2) is 5.90. The van der Waals surface area contributed by atoms with E-state index in [0.29, 0.717) is 35.0 Å². The number of amides is 2. The molecule has 140 valence electrons. The molecule has 7 nitrogen and oxygen atoms in total. The van der Waals surface area contributed by atoms with Crippen molar-refractivity contribution in [1.29, 1.82) is 0 Å². The van der Waals surface area contributed by atoms with Gasteiger partial charge in [-0.25, -0.2) is 0 Å². The normalized spacial score (nSPS) is 20.4. The molecule has 5 rings (SSSR count). The first kappa shape index (κ1) is 16.9. The van der Waals surface area contributed by atoms with Crippen LogP contribution in [0.2, 0.25) is 5.02 Å². The molecule has 2 aliphatic rings. The maximum Gasteiger partial charge on any atom is 0.278 e. The number of fused-ring (bicyclic) bond motifs is 3. The quantitative estimate of drug-likeness (QED) is 0.667. The topological polar surface area (TPSA) is 79.5 Å². The van der Waals surface area contributed by atoms with Crippen molar-refractivity contribution >= 4 is 23.4 Å². The Hall–Kier alpha value is -3.19. The third-order valence-electron chi connectivity index (χ3n) is 5.34. The summed E-state index contributed by atoms with van der Waals surface area (Å²) >= 11 is 6.09. The second-order valence-electron chi connectivity index (χ2n) is 6.84. The van der Waals surface area contributed by atoms with Crippen LogP contribution in [0.4, 0.5) is 0 Å². The molecule has 1 aromatic carbocycles. The monoisotopic (exact) mass is 394 g/mol. The van der Waals surface area contributed by atoms with Crippen LogP contribution in [0.1, 0.15) is 37.7 Å². The van der Waals surface area contributed by atoms with Crippen molar-refractivity contribution in [2.24, 2.45) is 0 Å². The number of rotatable bonds is 2. The first-order chi connectivity index (χ1) is 13.5. The fourth-order valence-electron chi connectivity index (χ4n) is 4.22. The third kappa shape index (κ3) is 2.10. The number of pyridine rings is 1. The smallest absolute Gasteiger partial charge is 0.278 e. The first-order valence-corrected chi connectivity index (χ1v) is 9.19. The molecule has 2 amide bonds. The van der Waals surface area contributed by atoms with E-state index in [4.69, 9.17) is 16.1 Å². The highest BCUT2D eigenvalue weighted by Gasteiger charge is 2.60. The first-order valence-electron chi connectivity index (χ1n) is 8.81. The molecule has 1 saturated heterocycles. The van der Waals surface area contributed by atoms with Crippen molar-refractivity contribution in [3.8, 4) is 0 Å². The number of carbonyl (C=O) groups excluding carboxylic acids is 2. The highest BCUT2D eigenvalue weighted by Crippen LogP contribution is 2.49. The Morgan fingerprint density at radius 3 is 2.71 bits per heavy atom. The summed E-state index contributed by atoms with van der Waals surface area (Å²) in [7, 11) is 0. The van der Waals surface area contributed by atoms with Crippen LogP contribution in [0.5, 0.6) is 0 Å². The van der Waals surface area contributed by atoms with Gasteiger partial charge in [0.05, 0.1) is 5.56 Å². The molecule has 1 atom stereocenters. The zero-order chi connectivity index (χ0) is 19.5.